The lowest BCUT2D eigenvalue weighted by molar-refractivity contribution is 0.0748. The van der Waals surface area contributed by atoms with Gasteiger partial charge in [0.1, 0.15) is 5.69 Å². The van der Waals surface area contributed by atoms with Crippen LogP contribution in [0.5, 0.6) is 0 Å². The van der Waals surface area contributed by atoms with Gasteiger partial charge >= 0.3 is 0 Å². The number of hydrogen-bond acceptors (Lipinski definition) is 3. The van der Waals surface area contributed by atoms with E-state index >= 15 is 0 Å². The van der Waals surface area contributed by atoms with E-state index in [0.717, 1.165) is 37.3 Å². The lowest BCUT2D eigenvalue weighted by Gasteiger charge is -2.27. The first kappa shape index (κ1) is 16.8. The summed E-state index contributed by atoms with van der Waals surface area (Å²) in [6.07, 6.45) is 3.69. The normalized spacial score (nSPS) is 14.1. The molecule has 2 aromatic rings. The van der Waals surface area contributed by atoms with Crippen molar-refractivity contribution >= 4 is 28.8 Å². The molecule has 0 radical (unpaired) electrons. The number of nitrogens with zero attached hydrogens (tertiary/aromatic N) is 2. The largest absolute Gasteiger partial charge is 0.337 e. The molecular formula is C19H17ClN2OS. The van der Waals surface area contributed by atoms with E-state index in [1.165, 1.54) is 16.9 Å². The number of aromatic nitrogens is 1. The predicted octanol–water partition coefficient (Wildman–Crippen LogP) is 4.32. The molecule has 1 fully saturated rings. The van der Waals surface area contributed by atoms with Crippen molar-refractivity contribution in [2.24, 2.45) is 0 Å². The fraction of sp³-hybridized carbons (Fsp3) is 0.263. The van der Waals surface area contributed by atoms with Crippen LogP contribution in [-0.4, -0.2) is 28.9 Å². The van der Waals surface area contributed by atoms with Gasteiger partial charge in [-0.1, -0.05) is 29.2 Å². The maximum Gasteiger partial charge on any atom is 0.263 e. The van der Waals surface area contributed by atoms with Gasteiger partial charge in [0.05, 0.1) is 9.21 Å². The van der Waals surface area contributed by atoms with Crippen LogP contribution < -0.4 is 0 Å². The molecule has 0 spiro atoms. The average Bonchev–Trinajstić information content (AvgIpc) is 3.01. The minimum absolute atomic E-state index is 0.0704. The van der Waals surface area contributed by atoms with Crippen LogP contribution in [0.15, 0.2) is 42.0 Å². The quantitative estimate of drug-likeness (QED) is 0.713. The van der Waals surface area contributed by atoms with Gasteiger partial charge in [-0.3, -0.25) is 4.79 Å². The van der Waals surface area contributed by atoms with E-state index in [0.29, 0.717) is 9.21 Å². The third-order valence-corrected chi connectivity index (χ3v) is 5.06. The lowest BCUT2D eigenvalue weighted by atomic mass is 10.0. The van der Waals surface area contributed by atoms with Crippen LogP contribution in [0.4, 0.5) is 0 Å². The maximum atomic E-state index is 12.4. The molecule has 0 unspecified atom stereocenters. The summed E-state index contributed by atoms with van der Waals surface area (Å²) in [5.41, 5.74) is 3.03. The average molecular weight is 357 g/mol. The number of likely N-dealkylation sites (tertiary alicyclic amines) is 1. The number of allylic oxidation sites excluding steroid dienone is 1. The van der Waals surface area contributed by atoms with Crippen molar-refractivity contribution in [3.05, 3.63) is 62.6 Å². The van der Waals surface area contributed by atoms with Gasteiger partial charge in [-0.2, -0.15) is 0 Å². The fourth-order valence-electron chi connectivity index (χ4n) is 2.55. The topological polar surface area (TPSA) is 33.2 Å². The monoisotopic (exact) mass is 356 g/mol. The number of carbonyl (C=O) groups excluding carboxylic acids is 1. The zero-order valence-corrected chi connectivity index (χ0v) is 15.0. The summed E-state index contributed by atoms with van der Waals surface area (Å²) in [4.78, 5) is 19.3. The zero-order valence-electron chi connectivity index (χ0n) is 13.4. The van der Waals surface area contributed by atoms with Gasteiger partial charge in [-0.25, -0.2) is 4.98 Å². The molecule has 0 N–H and O–H groups in total. The van der Waals surface area contributed by atoms with Gasteiger partial charge in [-0.15, -0.1) is 11.3 Å². The van der Waals surface area contributed by atoms with E-state index in [4.69, 9.17) is 11.6 Å². The molecule has 3 nitrogen and oxygen atoms in total. The summed E-state index contributed by atoms with van der Waals surface area (Å²) in [5.74, 6) is 6.22. The Morgan fingerprint density at radius 2 is 2.08 bits per heavy atom. The van der Waals surface area contributed by atoms with E-state index in [2.05, 4.69) is 16.8 Å². The summed E-state index contributed by atoms with van der Waals surface area (Å²) in [7, 11) is 0. The Morgan fingerprint density at radius 1 is 1.29 bits per heavy atom. The molecule has 2 aromatic heterocycles. The smallest absolute Gasteiger partial charge is 0.263 e. The summed E-state index contributed by atoms with van der Waals surface area (Å²) in [6, 6.07) is 9.38. The first-order valence-corrected chi connectivity index (χ1v) is 8.99. The van der Waals surface area contributed by atoms with Crippen LogP contribution in [0, 0.1) is 18.8 Å². The number of halogens is 1. The van der Waals surface area contributed by atoms with Crippen LogP contribution >= 0.6 is 22.9 Å². The number of pyridine rings is 1. The Bertz CT molecular complexity index is 834. The van der Waals surface area contributed by atoms with E-state index in [1.54, 1.807) is 12.1 Å². The fourth-order valence-corrected chi connectivity index (χ4v) is 3.56. The van der Waals surface area contributed by atoms with Crippen LogP contribution in [0.3, 0.4) is 0 Å². The number of amides is 1. The first-order valence-electron chi connectivity index (χ1n) is 7.79. The van der Waals surface area contributed by atoms with Gasteiger partial charge in [0.15, 0.2) is 0 Å². The van der Waals surface area contributed by atoms with E-state index in [9.17, 15) is 4.79 Å². The summed E-state index contributed by atoms with van der Waals surface area (Å²) in [5, 5.41) is 0. The van der Waals surface area contributed by atoms with Crippen LogP contribution in [-0.2, 0) is 0 Å². The molecule has 3 rings (SSSR count). The summed E-state index contributed by atoms with van der Waals surface area (Å²) in [6.45, 7) is 3.41. The van der Waals surface area contributed by atoms with Gasteiger partial charge in [-0.05, 0) is 56.0 Å². The second kappa shape index (κ2) is 7.65. The molecule has 0 aromatic carbocycles. The zero-order chi connectivity index (χ0) is 16.9. The first-order chi connectivity index (χ1) is 11.6. The predicted molar refractivity (Wildman–Crippen MR) is 98.4 cm³/mol. The van der Waals surface area contributed by atoms with Crippen molar-refractivity contribution in [1.82, 2.24) is 9.88 Å². The SMILES string of the molecule is Cc1cccc(C#CC=C2CCN(C(=O)c3ccc(Cl)s3)CC2)n1. The molecule has 24 heavy (non-hydrogen) atoms. The lowest BCUT2D eigenvalue weighted by Crippen LogP contribution is -2.35. The van der Waals surface area contributed by atoms with Crippen LogP contribution in [0.2, 0.25) is 4.34 Å². The number of aryl methyl sites for hydroxylation is 1. The second-order valence-electron chi connectivity index (χ2n) is 5.63. The van der Waals surface area contributed by atoms with Crippen LogP contribution in [0.25, 0.3) is 0 Å². The maximum absolute atomic E-state index is 12.4. The van der Waals surface area contributed by atoms with Gasteiger partial charge in [0, 0.05) is 18.8 Å². The Balaban J connectivity index is 1.58. The minimum Gasteiger partial charge on any atom is -0.337 e. The molecule has 3 heterocycles. The van der Waals surface area contributed by atoms with Gasteiger partial charge in [0.2, 0.25) is 0 Å². The van der Waals surface area contributed by atoms with Crippen LogP contribution in [0.1, 0.15) is 33.9 Å². The highest BCUT2D eigenvalue weighted by Gasteiger charge is 2.21. The van der Waals surface area contributed by atoms with Crippen molar-refractivity contribution in [3.63, 3.8) is 0 Å². The number of thiophene rings is 1. The third kappa shape index (κ3) is 4.25. The second-order valence-corrected chi connectivity index (χ2v) is 7.35. The molecule has 0 bridgehead atoms. The highest BCUT2D eigenvalue weighted by Crippen LogP contribution is 2.25. The van der Waals surface area contributed by atoms with Crippen molar-refractivity contribution < 1.29 is 4.79 Å². The minimum atomic E-state index is 0.0704. The Kier molecular flexibility index (Phi) is 5.34. The van der Waals surface area contributed by atoms with Crippen molar-refractivity contribution in [2.75, 3.05) is 13.1 Å². The molecular weight excluding hydrogens is 340 g/mol. The summed E-state index contributed by atoms with van der Waals surface area (Å²) < 4.78 is 0.649. The molecule has 1 aliphatic heterocycles. The Hall–Kier alpha value is -2.09. The molecule has 0 atom stereocenters. The van der Waals surface area contributed by atoms with Gasteiger partial charge in [0.25, 0.3) is 5.91 Å². The van der Waals surface area contributed by atoms with E-state index in [-0.39, 0.29) is 5.91 Å². The molecule has 1 aliphatic rings. The van der Waals surface area contributed by atoms with Gasteiger partial charge < -0.3 is 4.90 Å². The van der Waals surface area contributed by atoms with Crippen molar-refractivity contribution in [3.8, 4) is 11.8 Å². The van der Waals surface area contributed by atoms with Crippen molar-refractivity contribution in [1.29, 1.82) is 0 Å². The molecule has 0 aliphatic carbocycles. The van der Waals surface area contributed by atoms with Crippen molar-refractivity contribution in [2.45, 2.75) is 19.8 Å². The molecule has 1 saturated heterocycles. The number of rotatable bonds is 1. The number of piperidine rings is 1. The third-order valence-electron chi connectivity index (χ3n) is 3.84. The highest BCUT2D eigenvalue weighted by atomic mass is 35.5. The number of hydrogen-bond donors (Lipinski definition) is 0. The number of carbonyl (C=O) groups is 1. The standard InChI is InChI=1S/C19H17ClN2OS/c1-14-4-2-6-16(21-14)7-3-5-15-10-12-22(13-11-15)19(23)17-8-9-18(20)24-17/h2,4-6,8-9H,10-13H2,1H3. The van der Waals surface area contributed by atoms with E-state index < -0.39 is 0 Å². The Labute approximate surface area is 151 Å². The molecule has 0 saturated carbocycles. The molecule has 5 heteroatoms. The highest BCUT2D eigenvalue weighted by molar-refractivity contribution is 7.17. The molecule has 1 amide bonds. The van der Waals surface area contributed by atoms with E-state index in [1.807, 2.05) is 36.1 Å². The summed E-state index contributed by atoms with van der Waals surface area (Å²) >= 11 is 7.24. The Morgan fingerprint density at radius 3 is 2.75 bits per heavy atom. The molecule has 122 valence electrons.